The molecular weight excluding hydrogens is 252 g/mol. The number of nitrogens with one attached hydrogen (secondary N) is 1. The third-order valence-electron chi connectivity index (χ3n) is 3.45. The second kappa shape index (κ2) is 4.67. The molecule has 96 valence electrons. The first-order valence-electron chi connectivity index (χ1n) is 6.50. The Morgan fingerprint density at radius 1 is 1.16 bits per heavy atom. The number of H-pyrrole nitrogens is 1. The van der Waals surface area contributed by atoms with Crippen molar-refractivity contribution in [1.29, 1.82) is 0 Å². The summed E-state index contributed by atoms with van der Waals surface area (Å²) >= 11 is 5.49. The molecule has 0 unspecified atom stereocenters. The van der Waals surface area contributed by atoms with Crippen LogP contribution in [-0.4, -0.2) is 9.55 Å². The molecule has 0 aliphatic carbocycles. The topological polar surface area (TPSA) is 20.7 Å². The van der Waals surface area contributed by atoms with E-state index in [9.17, 15) is 0 Å². The van der Waals surface area contributed by atoms with Gasteiger partial charge in [-0.15, -0.1) is 0 Å². The van der Waals surface area contributed by atoms with Gasteiger partial charge in [0.1, 0.15) is 0 Å². The molecule has 2 nitrogen and oxygen atoms in total. The average molecular weight is 268 g/mol. The summed E-state index contributed by atoms with van der Waals surface area (Å²) in [7, 11) is 0. The van der Waals surface area contributed by atoms with Gasteiger partial charge in [-0.05, 0) is 54.9 Å². The number of aryl methyl sites for hydroxylation is 2. The molecule has 0 aliphatic rings. The van der Waals surface area contributed by atoms with E-state index in [1.165, 1.54) is 16.8 Å². The summed E-state index contributed by atoms with van der Waals surface area (Å²) in [6, 6.07) is 14.8. The lowest BCUT2D eigenvalue weighted by molar-refractivity contribution is 1.01. The van der Waals surface area contributed by atoms with Gasteiger partial charge in [-0.25, -0.2) is 0 Å². The van der Waals surface area contributed by atoms with E-state index < -0.39 is 0 Å². The summed E-state index contributed by atoms with van der Waals surface area (Å²) in [5.41, 5.74) is 5.94. The van der Waals surface area contributed by atoms with E-state index >= 15 is 0 Å². The predicted molar refractivity (Wildman–Crippen MR) is 82.6 cm³/mol. The standard InChI is InChI=1S/C16H16N2S/c1-3-12-6-4-5-7-14(12)18-15-9-8-11(2)10-13(15)17-16(18)19/h4-10H,3H2,1-2H3,(H,17,19). The van der Waals surface area contributed by atoms with Crippen LogP contribution in [0.3, 0.4) is 0 Å². The minimum Gasteiger partial charge on any atom is -0.330 e. The highest BCUT2D eigenvalue weighted by Gasteiger charge is 2.09. The van der Waals surface area contributed by atoms with Crippen molar-refractivity contribution in [3.8, 4) is 5.69 Å². The van der Waals surface area contributed by atoms with Gasteiger partial charge >= 0.3 is 0 Å². The zero-order valence-electron chi connectivity index (χ0n) is 11.1. The molecule has 3 heteroatoms. The Labute approximate surface area is 117 Å². The van der Waals surface area contributed by atoms with Gasteiger partial charge in [0.2, 0.25) is 0 Å². The highest BCUT2D eigenvalue weighted by Crippen LogP contribution is 2.23. The van der Waals surface area contributed by atoms with Crippen molar-refractivity contribution in [2.45, 2.75) is 20.3 Å². The molecule has 3 rings (SSSR count). The maximum atomic E-state index is 5.49. The lowest BCUT2D eigenvalue weighted by Crippen LogP contribution is -1.98. The number of aromatic amines is 1. The summed E-state index contributed by atoms with van der Waals surface area (Å²) in [4.78, 5) is 3.30. The zero-order chi connectivity index (χ0) is 13.4. The minimum absolute atomic E-state index is 0.751. The summed E-state index contributed by atoms with van der Waals surface area (Å²) in [5, 5.41) is 0. The average Bonchev–Trinajstić information content (AvgIpc) is 2.73. The first-order chi connectivity index (χ1) is 9.20. The molecule has 0 saturated heterocycles. The third kappa shape index (κ3) is 2.00. The van der Waals surface area contributed by atoms with Crippen LogP contribution >= 0.6 is 12.2 Å². The highest BCUT2D eigenvalue weighted by atomic mass is 32.1. The Kier molecular flexibility index (Phi) is 2.99. The zero-order valence-corrected chi connectivity index (χ0v) is 11.9. The highest BCUT2D eigenvalue weighted by molar-refractivity contribution is 7.71. The number of rotatable bonds is 2. The van der Waals surface area contributed by atoms with Crippen LogP contribution in [0.15, 0.2) is 42.5 Å². The molecule has 0 radical (unpaired) electrons. The van der Waals surface area contributed by atoms with Crippen molar-refractivity contribution in [2.24, 2.45) is 0 Å². The predicted octanol–water partition coefficient (Wildman–Crippen LogP) is 4.56. The van der Waals surface area contributed by atoms with Gasteiger partial charge in [0.05, 0.1) is 16.7 Å². The van der Waals surface area contributed by atoms with E-state index in [1.807, 2.05) is 0 Å². The number of hydrogen-bond donors (Lipinski definition) is 1. The molecule has 19 heavy (non-hydrogen) atoms. The van der Waals surface area contributed by atoms with Crippen molar-refractivity contribution in [3.05, 3.63) is 58.4 Å². The lowest BCUT2D eigenvalue weighted by atomic mass is 10.1. The molecule has 0 saturated carbocycles. The van der Waals surface area contributed by atoms with Crippen molar-refractivity contribution in [1.82, 2.24) is 9.55 Å². The molecule has 0 amide bonds. The number of nitrogens with zero attached hydrogens (tertiary/aromatic N) is 1. The smallest absolute Gasteiger partial charge is 0.182 e. The van der Waals surface area contributed by atoms with Gasteiger partial charge in [-0.1, -0.05) is 31.2 Å². The molecule has 1 aromatic heterocycles. The summed E-state index contributed by atoms with van der Waals surface area (Å²) in [6.45, 7) is 4.26. The maximum Gasteiger partial charge on any atom is 0.182 e. The number of benzene rings is 2. The normalized spacial score (nSPS) is 11.1. The number of para-hydroxylation sites is 1. The van der Waals surface area contributed by atoms with E-state index in [-0.39, 0.29) is 0 Å². The summed E-state index contributed by atoms with van der Waals surface area (Å²) in [5.74, 6) is 0. The van der Waals surface area contributed by atoms with Crippen LogP contribution in [0.2, 0.25) is 0 Å². The van der Waals surface area contributed by atoms with Crippen LogP contribution in [0, 0.1) is 11.7 Å². The Morgan fingerprint density at radius 3 is 2.74 bits per heavy atom. The van der Waals surface area contributed by atoms with E-state index in [2.05, 4.69) is 65.9 Å². The van der Waals surface area contributed by atoms with Gasteiger partial charge < -0.3 is 4.98 Å². The maximum absolute atomic E-state index is 5.49. The summed E-state index contributed by atoms with van der Waals surface area (Å²) in [6.07, 6.45) is 0.997. The fourth-order valence-corrected chi connectivity index (χ4v) is 2.80. The second-order valence-corrected chi connectivity index (χ2v) is 5.16. The number of hydrogen-bond acceptors (Lipinski definition) is 1. The lowest BCUT2D eigenvalue weighted by Gasteiger charge is -2.09. The van der Waals surface area contributed by atoms with Crippen LogP contribution in [-0.2, 0) is 6.42 Å². The minimum atomic E-state index is 0.751. The van der Waals surface area contributed by atoms with Crippen LogP contribution in [0.4, 0.5) is 0 Å². The molecule has 1 heterocycles. The largest absolute Gasteiger partial charge is 0.330 e. The van der Waals surface area contributed by atoms with Crippen LogP contribution in [0.25, 0.3) is 16.7 Å². The number of imidazole rings is 1. The van der Waals surface area contributed by atoms with Gasteiger partial charge in [0.25, 0.3) is 0 Å². The number of aromatic nitrogens is 2. The Hall–Kier alpha value is -1.87. The molecule has 1 N–H and O–H groups in total. The van der Waals surface area contributed by atoms with E-state index in [0.29, 0.717) is 0 Å². The van der Waals surface area contributed by atoms with E-state index in [0.717, 1.165) is 22.2 Å². The first-order valence-corrected chi connectivity index (χ1v) is 6.91. The fraction of sp³-hybridized carbons (Fsp3) is 0.188. The Morgan fingerprint density at radius 2 is 1.95 bits per heavy atom. The SMILES string of the molecule is CCc1ccccc1-n1c(=S)[nH]c2cc(C)ccc21. The molecule has 0 atom stereocenters. The first kappa shape index (κ1) is 12.2. The van der Waals surface area contributed by atoms with Crippen molar-refractivity contribution >= 4 is 23.3 Å². The second-order valence-electron chi connectivity index (χ2n) is 4.77. The molecule has 0 aliphatic heterocycles. The molecular formula is C16H16N2S. The quantitative estimate of drug-likeness (QED) is 0.676. The number of fused-ring (bicyclic) bond motifs is 1. The fourth-order valence-electron chi connectivity index (χ4n) is 2.49. The molecule has 0 bridgehead atoms. The molecule has 0 spiro atoms. The Bertz CT molecular complexity index is 796. The van der Waals surface area contributed by atoms with E-state index in [4.69, 9.17) is 12.2 Å². The van der Waals surface area contributed by atoms with E-state index in [1.54, 1.807) is 0 Å². The van der Waals surface area contributed by atoms with Crippen LogP contribution < -0.4 is 0 Å². The van der Waals surface area contributed by atoms with Gasteiger partial charge in [-0.3, -0.25) is 4.57 Å². The molecule has 2 aromatic carbocycles. The van der Waals surface area contributed by atoms with Crippen molar-refractivity contribution < 1.29 is 0 Å². The third-order valence-corrected chi connectivity index (χ3v) is 3.74. The molecule has 3 aromatic rings. The summed E-state index contributed by atoms with van der Waals surface area (Å²) < 4.78 is 2.88. The van der Waals surface area contributed by atoms with Crippen LogP contribution in [0.1, 0.15) is 18.1 Å². The monoisotopic (exact) mass is 268 g/mol. The van der Waals surface area contributed by atoms with Crippen LogP contribution in [0.5, 0.6) is 0 Å². The van der Waals surface area contributed by atoms with Crippen molar-refractivity contribution in [2.75, 3.05) is 0 Å². The van der Waals surface area contributed by atoms with Gasteiger partial charge in [0.15, 0.2) is 4.77 Å². The van der Waals surface area contributed by atoms with Gasteiger partial charge in [-0.2, -0.15) is 0 Å². The Balaban J connectivity index is 2.36. The van der Waals surface area contributed by atoms with Gasteiger partial charge in [0, 0.05) is 0 Å². The van der Waals surface area contributed by atoms with Crippen molar-refractivity contribution in [3.63, 3.8) is 0 Å². The molecule has 0 fully saturated rings.